The van der Waals surface area contributed by atoms with Crippen LogP contribution in [0, 0.1) is 12.8 Å². The van der Waals surface area contributed by atoms with Crippen LogP contribution in [-0.4, -0.2) is 55.8 Å². The van der Waals surface area contributed by atoms with Gasteiger partial charge in [-0.15, -0.1) is 0 Å². The zero-order valence-electron chi connectivity index (χ0n) is 14.5. The van der Waals surface area contributed by atoms with E-state index < -0.39 is 10.0 Å². The third-order valence-corrected chi connectivity index (χ3v) is 6.64. The smallest absolute Gasteiger partial charge is 0.236 e. The lowest BCUT2D eigenvalue weighted by molar-refractivity contribution is -0.123. The van der Waals surface area contributed by atoms with Crippen molar-refractivity contribution in [2.24, 2.45) is 11.7 Å². The first-order valence-electron chi connectivity index (χ1n) is 8.63. The molecule has 25 heavy (non-hydrogen) atoms. The number of aryl methyl sites for hydroxylation is 1. The Kier molecular flexibility index (Phi) is 5.27. The van der Waals surface area contributed by atoms with E-state index in [9.17, 15) is 13.2 Å². The van der Waals surface area contributed by atoms with E-state index in [1.165, 1.54) is 9.71 Å². The molecule has 3 rings (SSSR count). The number of primary amides is 1. The normalized spacial score (nSPS) is 21.5. The molecule has 1 amide bonds. The maximum atomic E-state index is 12.4. The van der Waals surface area contributed by atoms with Crippen molar-refractivity contribution in [2.75, 3.05) is 26.2 Å². The minimum Gasteiger partial charge on any atom is -0.369 e. The molecular formula is C18H25N3O3S. The average molecular weight is 363 g/mol. The van der Waals surface area contributed by atoms with Gasteiger partial charge in [0.15, 0.2) is 0 Å². The van der Waals surface area contributed by atoms with Crippen molar-refractivity contribution >= 4 is 22.0 Å². The molecule has 2 aliphatic heterocycles. The molecule has 2 heterocycles. The van der Waals surface area contributed by atoms with Crippen molar-refractivity contribution in [1.82, 2.24) is 9.21 Å². The average Bonchev–Trinajstić information content (AvgIpc) is 2.53. The first kappa shape index (κ1) is 18.1. The van der Waals surface area contributed by atoms with Crippen LogP contribution >= 0.6 is 0 Å². The molecule has 0 atom stereocenters. The van der Waals surface area contributed by atoms with Crippen LogP contribution in [0.3, 0.4) is 0 Å². The van der Waals surface area contributed by atoms with E-state index in [-0.39, 0.29) is 17.9 Å². The molecule has 0 bridgehead atoms. The maximum Gasteiger partial charge on any atom is 0.236 e. The van der Waals surface area contributed by atoms with Crippen molar-refractivity contribution in [3.8, 4) is 0 Å². The predicted octanol–water partition coefficient (Wildman–Crippen LogP) is 1.18. The van der Waals surface area contributed by atoms with Crippen LogP contribution in [0.2, 0.25) is 0 Å². The van der Waals surface area contributed by atoms with E-state index in [2.05, 4.69) is 4.90 Å². The molecule has 0 radical (unpaired) electrons. The van der Waals surface area contributed by atoms with E-state index in [0.29, 0.717) is 13.1 Å². The molecule has 7 heteroatoms. The summed E-state index contributed by atoms with van der Waals surface area (Å²) in [6.45, 7) is 4.65. The largest absolute Gasteiger partial charge is 0.369 e. The summed E-state index contributed by atoms with van der Waals surface area (Å²) in [6.07, 6.45) is 3.18. The number of carbonyl (C=O) groups is 1. The fourth-order valence-electron chi connectivity index (χ4n) is 3.33. The number of nitrogens with zero attached hydrogens (tertiary/aromatic N) is 2. The summed E-state index contributed by atoms with van der Waals surface area (Å²) in [7, 11) is -3.38. The highest BCUT2D eigenvalue weighted by Crippen LogP contribution is 2.25. The van der Waals surface area contributed by atoms with Gasteiger partial charge in [-0.3, -0.25) is 9.69 Å². The zero-order valence-corrected chi connectivity index (χ0v) is 15.3. The third kappa shape index (κ3) is 4.29. The van der Waals surface area contributed by atoms with Crippen LogP contribution in [-0.2, 0) is 14.8 Å². The Bertz CT molecular complexity index is 744. The zero-order chi connectivity index (χ0) is 18.0. The fourth-order valence-corrected chi connectivity index (χ4v) is 4.59. The Morgan fingerprint density at radius 2 is 1.76 bits per heavy atom. The Morgan fingerprint density at radius 3 is 2.32 bits per heavy atom. The Balaban J connectivity index is 1.51. The number of sulfonamides is 1. The first-order chi connectivity index (χ1) is 11.8. The molecule has 2 N–H and O–H groups in total. The van der Waals surface area contributed by atoms with E-state index in [0.717, 1.165) is 37.1 Å². The number of likely N-dealkylation sites (tertiary alicyclic amines) is 1. The summed E-state index contributed by atoms with van der Waals surface area (Å²) >= 11 is 0. The molecule has 0 spiro atoms. The number of hydrogen-bond acceptors (Lipinski definition) is 4. The molecule has 2 aliphatic rings. The second kappa shape index (κ2) is 7.27. The van der Waals surface area contributed by atoms with Gasteiger partial charge in [-0.25, -0.2) is 8.42 Å². The van der Waals surface area contributed by atoms with Crippen LogP contribution in [0.5, 0.6) is 0 Å². The van der Waals surface area contributed by atoms with Crippen LogP contribution < -0.4 is 5.73 Å². The quantitative estimate of drug-likeness (QED) is 0.851. The van der Waals surface area contributed by atoms with Gasteiger partial charge in [-0.05, 0) is 44.5 Å². The van der Waals surface area contributed by atoms with Gasteiger partial charge in [0.25, 0.3) is 0 Å². The van der Waals surface area contributed by atoms with Gasteiger partial charge in [0.05, 0.1) is 0 Å². The van der Waals surface area contributed by atoms with Gasteiger partial charge in [0.2, 0.25) is 15.9 Å². The molecule has 136 valence electrons. The molecule has 0 saturated carbocycles. The number of rotatable bonds is 5. The summed E-state index contributed by atoms with van der Waals surface area (Å²) in [4.78, 5) is 13.5. The highest BCUT2D eigenvalue weighted by molar-refractivity contribution is 7.92. The fraction of sp³-hybridized carbons (Fsp3) is 0.500. The van der Waals surface area contributed by atoms with Crippen molar-refractivity contribution in [3.63, 3.8) is 0 Å². The molecule has 0 unspecified atom stereocenters. The summed E-state index contributed by atoms with van der Waals surface area (Å²) in [5.74, 6) is -0.257. The van der Waals surface area contributed by atoms with Crippen LogP contribution in [0.25, 0.3) is 6.08 Å². The Labute approximate surface area is 149 Å². The second-order valence-electron chi connectivity index (χ2n) is 6.94. The van der Waals surface area contributed by atoms with Gasteiger partial charge in [0.1, 0.15) is 0 Å². The van der Waals surface area contributed by atoms with Gasteiger partial charge >= 0.3 is 0 Å². The summed E-state index contributed by atoms with van der Waals surface area (Å²) in [5, 5.41) is 1.28. The minimum atomic E-state index is -3.38. The number of hydrogen-bond donors (Lipinski definition) is 1. The molecule has 0 aromatic heterocycles. The first-order valence-corrected chi connectivity index (χ1v) is 10.1. The van der Waals surface area contributed by atoms with E-state index >= 15 is 0 Å². The topological polar surface area (TPSA) is 83.7 Å². The van der Waals surface area contributed by atoms with Gasteiger partial charge in [-0.1, -0.05) is 29.8 Å². The molecule has 1 aromatic rings. The maximum absolute atomic E-state index is 12.4. The lowest BCUT2D eigenvalue weighted by Crippen LogP contribution is -2.62. The van der Waals surface area contributed by atoms with Gasteiger partial charge < -0.3 is 5.73 Å². The lowest BCUT2D eigenvalue weighted by atomic mass is 9.94. The SMILES string of the molecule is Cc1ccc(/C=C/S(=O)(=O)N2CC(N3CCC(C(N)=O)CC3)C2)cc1. The third-order valence-electron chi connectivity index (χ3n) is 5.15. The van der Waals surface area contributed by atoms with E-state index in [1.54, 1.807) is 6.08 Å². The van der Waals surface area contributed by atoms with Crippen LogP contribution in [0.4, 0.5) is 0 Å². The van der Waals surface area contributed by atoms with Crippen LogP contribution in [0.15, 0.2) is 29.7 Å². The summed E-state index contributed by atoms with van der Waals surface area (Å²) < 4.78 is 26.3. The molecule has 0 aliphatic carbocycles. The number of nitrogens with two attached hydrogens (primary N) is 1. The number of piperidine rings is 1. The number of carbonyl (C=O) groups excluding carboxylic acids is 1. The highest BCUT2D eigenvalue weighted by atomic mass is 32.2. The van der Waals surface area contributed by atoms with E-state index in [1.807, 2.05) is 31.2 Å². The van der Waals surface area contributed by atoms with Crippen molar-refractivity contribution < 1.29 is 13.2 Å². The summed E-state index contributed by atoms with van der Waals surface area (Å²) in [5.41, 5.74) is 7.37. The van der Waals surface area contributed by atoms with Crippen molar-refractivity contribution in [1.29, 1.82) is 0 Å². The number of amides is 1. The van der Waals surface area contributed by atoms with Crippen LogP contribution in [0.1, 0.15) is 24.0 Å². The molecule has 6 nitrogen and oxygen atoms in total. The number of benzene rings is 1. The van der Waals surface area contributed by atoms with Gasteiger partial charge in [-0.2, -0.15) is 4.31 Å². The molecular weight excluding hydrogens is 338 g/mol. The minimum absolute atomic E-state index is 0.0337. The van der Waals surface area contributed by atoms with Gasteiger partial charge in [0, 0.05) is 30.5 Å². The summed E-state index contributed by atoms with van der Waals surface area (Å²) in [6, 6.07) is 7.98. The molecule has 2 fully saturated rings. The van der Waals surface area contributed by atoms with E-state index in [4.69, 9.17) is 5.73 Å². The predicted molar refractivity (Wildman–Crippen MR) is 98.0 cm³/mol. The van der Waals surface area contributed by atoms with Crippen molar-refractivity contribution in [2.45, 2.75) is 25.8 Å². The Morgan fingerprint density at radius 1 is 1.16 bits per heavy atom. The standard InChI is InChI=1S/C18H25N3O3S/c1-14-2-4-15(5-3-14)8-11-25(23,24)21-12-17(13-21)20-9-6-16(7-10-20)18(19)22/h2-5,8,11,16-17H,6-7,9-10,12-13H2,1H3,(H2,19,22)/b11-8+. The monoisotopic (exact) mass is 363 g/mol. The molecule has 2 saturated heterocycles. The Hall–Kier alpha value is -1.70. The highest BCUT2D eigenvalue weighted by Gasteiger charge is 2.39. The van der Waals surface area contributed by atoms with Crippen molar-refractivity contribution in [3.05, 3.63) is 40.8 Å². The lowest BCUT2D eigenvalue weighted by Gasteiger charge is -2.46. The molecule has 1 aromatic carbocycles. The second-order valence-corrected chi connectivity index (χ2v) is 8.76.